The Hall–Kier alpha value is -3.02. The molecular formula is C24H42N4O12S2. The van der Waals surface area contributed by atoms with Crippen LogP contribution in [0.15, 0.2) is 0 Å². The summed E-state index contributed by atoms with van der Waals surface area (Å²) in [5.41, 5.74) is -4.47. The quantitative estimate of drug-likeness (QED) is 0.0766. The van der Waals surface area contributed by atoms with Gasteiger partial charge in [-0.05, 0) is 69.2 Å². The van der Waals surface area contributed by atoms with Crippen LogP contribution in [-0.2, 0) is 38.3 Å². The maximum absolute atomic E-state index is 12.9. The third kappa shape index (κ3) is 16.4. The number of rotatable bonds is 17. The summed E-state index contributed by atoms with van der Waals surface area (Å²) in [6.45, 7) is 14.4. The van der Waals surface area contributed by atoms with Crippen LogP contribution in [0.4, 0.5) is 0 Å². The monoisotopic (exact) mass is 642 g/mol. The van der Waals surface area contributed by atoms with Crippen molar-refractivity contribution in [2.24, 2.45) is 10.8 Å². The number of carbonyl (C=O) groups excluding carboxylic acids is 4. The minimum atomic E-state index is -1.36. The molecule has 0 radical (unpaired) electrons. The molecule has 0 rings (SSSR count). The second kappa shape index (κ2) is 16.0. The maximum Gasteiger partial charge on any atom is 0.330 e. The van der Waals surface area contributed by atoms with Gasteiger partial charge in [-0.3, -0.25) is 9.59 Å². The molecule has 0 bridgehead atoms. The van der Waals surface area contributed by atoms with Gasteiger partial charge in [0.05, 0.1) is 10.8 Å². The smallest absolute Gasteiger partial charge is 0.330 e. The number of amides is 2. The third-order valence-electron chi connectivity index (χ3n) is 4.84. The van der Waals surface area contributed by atoms with E-state index in [1.165, 1.54) is 27.7 Å². The standard InChI is InChI=1S/C24H42N4O12S2/c1-21(2,3)39-17(29)15(25-19(31)23(7,8)13-37-27(33)34)11-41-42-12-16(18(30)40-22(4,5)6)26-20(32)24(9,10)14-38-28(35)36/h15-16H,11-14H2,1-10H3,(H,25,31)(H,26,32)/t15-,16-/m1/s1. The van der Waals surface area contributed by atoms with Gasteiger partial charge >= 0.3 is 11.9 Å². The molecule has 18 heteroatoms. The van der Waals surface area contributed by atoms with Crippen molar-refractivity contribution in [3.63, 3.8) is 0 Å². The molecule has 2 atom stereocenters. The molecule has 0 unspecified atom stereocenters. The number of carbonyl (C=O) groups is 4. The van der Waals surface area contributed by atoms with Crippen molar-refractivity contribution >= 4 is 45.3 Å². The molecule has 242 valence electrons. The number of nitrogens with zero attached hydrogens (tertiary/aromatic N) is 2. The molecule has 0 aliphatic heterocycles. The van der Waals surface area contributed by atoms with Gasteiger partial charge in [-0.2, -0.15) is 0 Å². The summed E-state index contributed by atoms with van der Waals surface area (Å²) in [6.07, 6.45) is 0. The zero-order valence-corrected chi connectivity index (χ0v) is 27.2. The van der Waals surface area contributed by atoms with Crippen LogP contribution in [-0.4, -0.2) is 81.9 Å². The lowest BCUT2D eigenvalue weighted by Gasteiger charge is -2.29. The van der Waals surface area contributed by atoms with E-state index in [1.807, 2.05) is 0 Å². The lowest BCUT2D eigenvalue weighted by molar-refractivity contribution is -0.760. The summed E-state index contributed by atoms with van der Waals surface area (Å²) in [6, 6.07) is -2.34. The van der Waals surface area contributed by atoms with Gasteiger partial charge < -0.3 is 29.8 Å². The van der Waals surface area contributed by atoms with Crippen LogP contribution in [0.3, 0.4) is 0 Å². The molecule has 0 heterocycles. The average Bonchev–Trinajstić information content (AvgIpc) is 2.80. The third-order valence-corrected chi connectivity index (χ3v) is 7.26. The average molecular weight is 643 g/mol. The van der Waals surface area contributed by atoms with E-state index in [4.69, 9.17) is 9.47 Å². The highest BCUT2D eigenvalue weighted by atomic mass is 33.1. The van der Waals surface area contributed by atoms with E-state index < -0.39 is 81.3 Å². The van der Waals surface area contributed by atoms with Gasteiger partial charge in [0.25, 0.3) is 10.2 Å². The molecule has 0 aromatic heterocycles. The van der Waals surface area contributed by atoms with Gasteiger partial charge in [0, 0.05) is 11.5 Å². The zero-order chi connectivity index (χ0) is 33.1. The highest BCUT2D eigenvalue weighted by molar-refractivity contribution is 8.76. The summed E-state index contributed by atoms with van der Waals surface area (Å²) < 4.78 is 10.8. The first-order chi connectivity index (χ1) is 18.9. The molecule has 0 aromatic carbocycles. The molecule has 16 nitrogen and oxygen atoms in total. The molecule has 42 heavy (non-hydrogen) atoms. The fraction of sp³-hybridized carbons (Fsp3) is 0.833. The molecule has 0 fully saturated rings. The molecule has 0 aromatic rings. The van der Waals surface area contributed by atoms with Crippen molar-refractivity contribution in [1.82, 2.24) is 10.6 Å². The van der Waals surface area contributed by atoms with Crippen LogP contribution >= 0.6 is 21.6 Å². The van der Waals surface area contributed by atoms with Crippen molar-refractivity contribution < 1.29 is 48.5 Å². The van der Waals surface area contributed by atoms with Gasteiger partial charge in [0.2, 0.25) is 11.8 Å². The molecule has 2 amide bonds. The van der Waals surface area contributed by atoms with Gasteiger partial charge in [-0.25, -0.2) is 9.59 Å². The Morgan fingerprint density at radius 1 is 0.643 bits per heavy atom. The van der Waals surface area contributed by atoms with E-state index in [9.17, 15) is 39.4 Å². The number of hydrogen-bond acceptors (Lipinski definition) is 14. The Bertz CT molecular complexity index is 915. The van der Waals surface area contributed by atoms with Crippen molar-refractivity contribution in [3.8, 4) is 0 Å². The van der Waals surface area contributed by atoms with Crippen molar-refractivity contribution in [1.29, 1.82) is 0 Å². The molecule has 0 saturated heterocycles. The highest BCUT2D eigenvalue weighted by Gasteiger charge is 2.36. The Labute approximate surface area is 252 Å². The second-order valence-corrected chi connectivity index (χ2v) is 15.0. The van der Waals surface area contributed by atoms with Crippen molar-refractivity contribution in [2.45, 2.75) is 92.5 Å². The second-order valence-electron chi connectivity index (χ2n) is 12.4. The number of nitrogens with one attached hydrogen (secondary N) is 2. The van der Waals surface area contributed by atoms with Gasteiger partial charge in [0.15, 0.2) is 0 Å². The normalized spacial score (nSPS) is 13.7. The predicted molar refractivity (Wildman–Crippen MR) is 154 cm³/mol. The van der Waals surface area contributed by atoms with E-state index >= 15 is 0 Å². The Kier molecular flexibility index (Phi) is 14.8. The van der Waals surface area contributed by atoms with Crippen LogP contribution in [0.5, 0.6) is 0 Å². The topological polar surface area (TPSA) is 216 Å². The van der Waals surface area contributed by atoms with Crippen LogP contribution in [0, 0.1) is 31.1 Å². The number of esters is 2. The van der Waals surface area contributed by atoms with Crippen LogP contribution in [0.1, 0.15) is 69.2 Å². The fourth-order valence-corrected chi connectivity index (χ4v) is 4.88. The van der Waals surface area contributed by atoms with E-state index in [2.05, 4.69) is 20.3 Å². The van der Waals surface area contributed by atoms with Crippen LogP contribution < -0.4 is 10.6 Å². The highest BCUT2D eigenvalue weighted by Crippen LogP contribution is 2.26. The zero-order valence-electron chi connectivity index (χ0n) is 25.6. The van der Waals surface area contributed by atoms with Crippen LogP contribution in [0.25, 0.3) is 0 Å². The van der Waals surface area contributed by atoms with E-state index in [1.54, 1.807) is 41.5 Å². The SMILES string of the molecule is CC(C)(C)OC(=O)[C@@H](CSSC[C@@H](NC(=O)C(C)(C)CO[N+](=O)[O-])C(=O)OC(C)(C)C)NC(=O)C(C)(C)CO[N+](=O)[O-]. The summed E-state index contributed by atoms with van der Waals surface area (Å²) in [7, 11) is 2.18. The van der Waals surface area contributed by atoms with Crippen molar-refractivity contribution in [3.05, 3.63) is 20.2 Å². The first-order valence-electron chi connectivity index (χ1n) is 12.7. The maximum atomic E-state index is 12.9. The van der Waals surface area contributed by atoms with E-state index in [-0.39, 0.29) is 11.5 Å². The first kappa shape index (κ1) is 39.0. The van der Waals surface area contributed by atoms with E-state index in [0.717, 1.165) is 21.6 Å². The van der Waals surface area contributed by atoms with Gasteiger partial charge in [0.1, 0.15) is 36.5 Å². The molecule has 0 aliphatic carbocycles. The lowest BCUT2D eigenvalue weighted by atomic mass is 9.93. The summed E-state index contributed by atoms with van der Waals surface area (Å²) in [5.74, 6) is -2.95. The molecule has 0 spiro atoms. The van der Waals surface area contributed by atoms with Crippen molar-refractivity contribution in [2.75, 3.05) is 24.7 Å². The summed E-state index contributed by atoms with van der Waals surface area (Å²) >= 11 is 0. The molecular weight excluding hydrogens is 600 g/mol. The molecule has 0 aliphatic rings. The molecule has 0 saturated carbocycles. The van der Waals surface area contributed by atoms with Crippen LogP contribution in [0.2, 0.25) is 0 Å². The fourth-order valence-electron chi connectivity index (χ4n) is 2.58. The first-order valence-corrected chi connectivity index (χ1v) is 15.2. The Morgan fingerprint density at radius 3 is 1.17 bits per heavy atom. The Morgan fingerprint density at radius 2 is 0.929 bits per heavy atom. The Balaban J connectivity index is 5.62. The van der Waals surface area contributed by atoms with E-state index in [0.29, 0.717) is 0 Å². The van der Waals surface area contributed by atoms with Gasteiger partial charge in [-0.15, -0.1) is 20.2 Å². The summed E-state index contributed by atoms with van der Waals surface area (Å²) in [5, 5.41) is 24.2. The predicted octanol–water partition coefficient (Wildman–Crippen LogP) is 2.49. The minimum absolute atomic E-state index is 0.0331. The largest absolute Gasteiger partial charge is 0.458 e. The minimum Gasteiger partial charge on any atom is -0.458 e. The number of hydrogen-bond donors (Lipinski definition) is 2. The lowest BCUT2D eigenvalue weighted by Crippen LogP contribution is -2.51. The number of ether oxygens (including phenoxy) is 2. The molecule has 2 N–H and O–H groups in total. The summed E-state index contributed by atoms with van der Waals surface area (Å²) in [4.78, 5) is 81.2. The van der Waals surface area contributed by atoms with Gasteiger partial charge in [-0.1, -0.05) is 21.6 Å².